The average Bonchev–Trinajstić information content (AvgIpc) is 3.64. The first-order chi connectivity index (χ1) is 27.3. The van der Waals surface area contributed by atoms with Gasteiger partial charge in [0.2, 0.25) is 0 Å². The van der Waals surface area contributed by atoms with E-state index in [1.54, 1.807) is 0 Å². The SMILES string of the molecule is C=C1/C=C(c2ccc3c(c2)c2c4c(ccc2n3-c2cccc3ccccc23)C(C)(C)C2C=CC=CC42C)\C=C/N(c2ccc3ccccc3c2)c2ccccc21. The molecule has 2 unspecified atom stereocenters. The molecule has 11 rings (SSSR count). The summed E-state index contributed by atoms with van der Waals surface area (Å²) in [5.41, 5.74) is 13.0. The highest BCUT2D eigenvalue weighted by atomic mass is 15.1. The van der Waals surface area contributed by atoms with Gasteiger partial charge in [0.05, 0.1) is 22.4 Å². The topological polar surface area (TPSA) is 8.17 Å². The van der Waals surface area contributed by atoms with Gasteiger partial charge in [-0.25, -0.2) is 0 Å². The van der Waals surface area contributed by atoms with Crippen LogP contribution in [0.1, 0.15) is 43.0 Å². The van der Waals surface area contributed by atoms with E-state index < -0.39 is 0 Å². The van der Waals surface area contributed by atoms with Crippen molar-refractivity contribution in [1.29, 1.82) is 0 Å². The smallest absolute Gasteiger partial charge is 0.0544 e. The molecule has 1 aliphatic heterocycles. The summed E-state index contributed by atoms with van der Waals surface area (Å²) in [4.78, 5) is 2.31. The molecule has 2 nitrogen and oxygen atoms in total. The molecule has 1 aromatic heterocycles. The third-order valence-electron chi connectivity index (χ3n) is 13.0. The van der Waals surface area contributed by atoms with Crippen LogP contribution in [0.4, 0.5) is 11.4 Å². The number of hydrogen-bond acceptors (Lipinski definition) is 1. The van der Waals surface area contributed by atoms with Crippen molar-refractivity contribution >= 4 is 65.9 Å². The third-order valence-corrected chi connectivity index (χ3v) is 13.0. The van der Waals surface area contributed by atoms with E-state index in [4.69, 9.17) is 0 Å². The van der Waals surface area contributed by atoms with Crippen molar-refractivity contribution in [2.24, 2.45) is 5.92 Å². The van der Waals surface area contributed by atoms with E-state index in [-0.39, 0.29) is 10.8 Å². The van der Waals surface area contributed by atoms with Crippen molar-refractivity contribution in [3.63, 3.8) is 0 Å². The molecule has 8 aromatic rings. The van der Waals surface area contributed by atoms with Gasteiger partial charge in [0.15, 0.2) is 0 Å². The highest BCUT2D eigenvalue weighted by Gasteiger charge is 2.52. The molecule has 7 aromatic carbocycles. The Morgan fingerprint density at radius 1 is 0.625 bits per heavy atom. The van der Waals surface area contributed by atoms with Crippen molar-refractivity contribution in [1.82, 2.24) is 4.57 Å². The zero-order chi connectivity index (χ0) is 37.8. The Balaban J connectivity index is 1.17. The van der Waals surface area contributed by atoms with Crippen LogP contribution in [0.2, 0.25) is 0 Å². The van der Waals surface area contributed by atoms with E-state index in [1.165, 1.54) is 65.7 Å². The average molecular weight is 719 g/mol. The molecule has 0 saturated heterocycles. The molecule has 0 amide bonds. The fourth-order valence-electron chi connectivity index (χ4n) is 10.4. The lowest BCUT2D eigenvalue weighted by Gasteiger charge is -2.36. The third kappa shape index (κ3) is 4.62. The summed E-state index contributed by atoms with van der Waals surface area (Å²) in [5.74, 6) is 0.362. The number of hydrogen-bond donors (Lipinski definition) is 0. The molecular formula is C54H42N2. The molecule has 0 spiro atoms. The fraction of sp³-hybridized carbons (Fsp3) is 0.111. The summed E-state index contributed by atoms with van der Waals surface area (Å²) in [7, 11) is 0. The van der Waals surface area contributed by atoms with Crippen molar-refractivity contribution in [2.45, 2.75) is 31.6 Å². The van der Waals surface area contributed by atoms with Gasteiger partial charge in [-0.15, -0.1) is 0 Å². The first-order valence-corrected chi connectivity index (χ1v) is 19.7. The lowest BCUT2D eigenvalue weighted by molar-refractivity contribution is 0.324. The molecular weight excluding hydrogens is 677 g/mol. The summed E-state index contributed by atoms with van der Waals surface area (Å²) in [6.07, 6.45) is 16.2. The molecule has 56 heavy (non-hydrogen) atoms. The Bertz CT molecular complexity index is 3100. The van der Waals surface area contributed by atoms with Gasteiger partial charge in [-0.2, -0.15) is 0 Å². The Hall–Kier alpha value is -6.64. The lowest BCUT2D eigenvalue weighted by Crippen LogP contribution is -2.34. The van der Waals surface area contributed by atoms with E-state index in [9.17, 15) is 0 Å². The standard InChI is InChI=1S/C54H42N2/c1-35-32-40(29-31-55(46-20-10-9-18-42(35)46)41-25-23-36-14-5-6-16-38(36)33-41)39-24-27-48-44(34-39)51-49(56(48)47-21-13-17-37-15-7-8-19-43(37)47)28-26-45-52(51)54(4)30-12-11-22-50(54)53(45,2)3/h5-34,50H,1H2,2-4H3/b31-29-,40-32+. The molecule has 3 aliphatic rings. The van der Waals surface area contributed by atoms with Crippen molar-refractivity contribution in [3.05, 3.63) is 211 Å². The molecule has 0 fully saturated rings. The van der Waals surface area contributed by atoms with Crippen LogP contribution in [0.25, 0.3) is 60.2 Å². The molecule has 2 aliphatic carbocycles. The van der Waals surface area contributed by atoms with Gasteiger partial charge in [-0.1, -0.05) is 149 Å². The minimum absolute atomic E-state index is 0.0207. The van der Waals surface area contributed by atoms with Crippen LogP contribution in [0.5, 0.6) is 0 Å². The van der Waals surface area contributed by atoms with Crippen LogP contribution in [-0.4, -0.2) is 4.57 Å². The maximum absolute atomic E-state index is 4.66. The van der Waals surface area contributed by atoms with E-state index >= 15 is 0 Å². The van der Waals surface area contributed by atoms with Crippen molar-refractivity contribution in [2.75, 3.05) is 4.90 Å². The predicted octanol–water partition coefficient (Wildman–Crippen LogP) is 14.1. The van der Waals surface area contributed by atoms with Crippen LogP contribution >= 0.6 is 0 Å². The Labute approximate surface area is 328 Å². The van der Waals surface area contributed by atoms with Gasteiger partial charge >= 0.3 is 0 Å². The molecule has 268 valence electrons. The summed E-state index contributed by atoms with van der Waals surface area (Å²) in [5, 5.41) is 7.56. The summed E-state index contributed by atoms with van der Waals surface area (Å²) in [6.45, 7) is 12.0. The minimum Gasteiger partial charge on any atom is -0.317 e. The highest BCUT2D eigenvalue weighted by Crippen LogP contribution is 2.59. The number of rotatable bonds is 3. The molecule has 0 saturated carbocycles. The van der Waals surface area contributed by atoms with Gasteiger partial charge in [-0.3, -0.25) is 0 Å². The Morgan fingerprint density at radius 3 is 2.27 bits per heavy atom. The lowest BCUT2D eigenvalue weighted by atomic mass is 9.67. The zero-order valence-electron chi connectivity index (χ0n) is 32.0. The number of para-hydroxylation sites is 1. The van der Waals surface area contributed by atoms with E-state index in [2.05, 4.69) is 219 Å². The zero-order valence-corrected chi connectivity index (χ0v) is 32.0. The molecule has 2 atom stereocenters. The predicted molar refractivity (Wildman–Crippen MR) is 239 cm³/mol. The summed E-state index contributed by atoms with van der Waals surface area (Å²) >= 11 is 0. The van der Waals surface area contributed by atoms with Crippen LogP contribution < -0.4 is 4.90 Å². The quantitative estimate of drug-likeness (QED) is 0.177. The number of allylic oxidation sites excluding steroid dienone is 8. The van der Waals surface area contributed by atoms with Crippen molar-refractivity contribution in [3.8, 4) is 5.69 Å². The molecule has 0 radical (unpaired) electrons. The van der Waals surface area contributed by atoms with Gasteiger partial charge in [-0.05, 0) is 110 Å². The summed E-state index contributed by atoms with van der Waals surface area (Å²) < 4.78 is 2.52. The van der Waals surface area contributed by atoms with Gasteiger partial charge in [0.25, 0.3) is 0 Å². The Kier molecular flexibility index (Phi) is 6.98. The van der Waals surface area contributed by atoms with Crippen LogP contribution in [0.3, 0.4) is 0 Å². The Morgan fingerprint density at radius 2 is 1.38 bits per heavy atom. The maximum atomic E-state index is 4.66. The van der Waals surface area contributed by atoms with Crippen molar-refractivity contribution < 1.29 is 0 Å². The number of aromatic nitrogens is 1. The summed E-state index contributed by atoms with van der Waals surface area (Å²) in [6, 6.07) is 51.3. The fourth-order valence-corrected chi connectivity index (χ4v) is 10.4. The molecule has 0 N–H and O–H groups in total. The van der Waals surface area contributed by atoms with Gasteiger partial charge in [0.1, 0.15) is 0 Å². The largest absolute Gasteiger partial charge is 0.317 e. The number of benzene rings is 7. The maximum Gasteiger partial charge on any atom is 0.0544 e. The second-order valence-electron chi connectivity index (χ2n) is 16.5. The molecule has 2 heteroatoms. The number of nitrogens with zero attached hydrogens (tertiary/aromatic N) is 2. The second-order valence-corrected chi connectivity index (χ2v) is 16.5. The normalized spacial score (nSPS) is 21.1. The van der Waals surface area contributed by atoms with E-state index in [1.807, 2.05) is 0 Å². The molecule has 2 heterocycles. The monoisotopic (exact) mass is 718 g/mol. The first-order valence-electron chi connectivity index (χ1n) is 19.7. The number of anilines is 2. The first kappa shape index (κ1) is 32.8. The van der Waals surface area contributed by atoms with Crippen LogP contribution in [-0.2, 0) is 10.8 Å². The van der Waals surface area contributed by atoms with Gasteiger partial charge < -0.3 is 9.47 Å². The van der Waals surface area contributed by atoms with E-state index in [0.717, 1.165) is 28.1 Å². The second kappa shape index (κ2) is 11.9. The van der Waals surface area contributed by atoms with Crippen LogP contribution in [0, 0.1) is 5.92 Å². The number of fused-ring (bicyclic) bond motifs is 10. The highest BCUT2D eigenvalue weighted by molar-refractivity contribution is 6.14. The van der Waals surface area contributed by atoms with Gasteiger partial charge in [0, 0.05) is 39.0 Å². The molecule has 0 bridgehead atoms. The minimum atomic E-state index is -0.140. The van der Waals surface area contributed by atoms with Crippen LogP contribution in [0.15, 0.2) is 189 Å². The van der Waals surface area contributed by atoms with E-state index in [0.29, 0.717) is 5.92 Å².